The number of rotatable bonds is 1. The molecule has 0 spiro atoms. The SMILES string of the molecule is BB[SiH2][SiH3]. The molecular weight excluding hydrogens is 77.8 g/mol. The Balaban J connectivity index is 1.97. The van der Waals surface area contributed by atoms with Crippen molar-refractivity contribution in [3.05, 3.63) is 0 Å². The van der Waals surface area contributed by atoms with Crippen molar-refractivity contribution in [3.63, 3.8) is 0 Å². The standard InChI is InChI=1S/B2H8Si2/c1-2-4-3/h2H,1,4H2,3H3. The summed E-state index contributed by atoms with van der Waals surface area (Å²) in [5.74, 6) is 0. The second-order valence-corrected chi connectivity index (χ2v) is 6.00. The van der Waals surface area contributed by atoms with Gasteiger partial charge in [-0.05, 0) is 18.7 Å². The van der Waals surface area contributed by atoms with Gasteiger partial charge in [-0.15, -0.1) is 0 Å². The maximum Gasteiger partial charge on any atom is 0.0686 e. The van der Waals surface area contributed by atoms with E-state index in [0.29, 0.717) is 8.91 Å². The lowest BCUT2D eigenvalue weighted by Gasteiger charge is -1.60. The second kappa shape index (κ2) is 3.56. The van der Waals surface area contributed by atoms with Gasteiger partial charge in [-0.1, -0.05) is 0 Å². The van der Waals surface area contributed by atoms with Crippen LogP contribution in [-0.4, -0.2) is 33.2 Å². The van der Waals surface area contributed by atoms with Crippen molar-refractivity contribution in [2.45, 2.75) is 0 Å². The maximum absolute atomic E-state index is 2.28. The molecule has 0 amide bonds. The van der Waals surface area contributed by atoms with Crippen molar-refractivity contribution in [3.8, 4) is 0 Å². The molecule has 0 aliphatic rings. The lowest BCUT2D eigenvalue weighted by molar-refractivity contribution is 4.14. The Kier molecular flexibility index (Phi) is 4.07. The quantitative estimate of drug-likeness (QED) is 0.288. The van der Waals surface area contributed by atoms with Gasteiger partial charge in [-0.2, -0.15) is 0 Å². The summed E-state index contributed by atoms with van der Waals surface area (Å²) in [6.45, 7) is 1.52. The van der Waals surface area contributed by atoms with Gasteiger partial charge in [-0.3, -0.25) is 0 Å². The van der Waals surface area contributed by atoms with Crippen LogP contribution in [0.15, 0.2) is 0 Å². The summed E-state index contributed by atoms with van der Waals surface area (Å²) >= 11 is 0. The topological polar surface area (TPSA) is 0 Å². The van der Waals surface area contributed by atoms with Crippen LogP contribution in [0.3, 0.4) is 0 Å². The molecular formula is H8B2Si2. The molecule has 0 N–H and O–H groups in total. The molecule has 0 saturated carbocycles. The van der Waals surface area contributed by atoms with E-state index in [2.05, 4.69) is 7.74 Å². The minimum atomic E-state index is 0.563. The molecule has 0 bridgehead atoms. The first-order valence-corrected chi connectivity index (χ1v) is 8.57. The molecule has 0 atom stereocenters. The summed E-state index contributed by atoms with van der Waals surface area (Å²) in [7, 11) is 4.37. The van der Waals surface area contributed by atoms with Crippen LogP contribution in [0.1, 0.15) is 0 Å². The first-order chi connectivity index (χ1) is 1.91. The zero-order valence-electron chi connectivity index (χ0n) is 3.41. The number of hydrogen-bond donors (Lipinski definition) is 0. The van der Waals surface area contributed by atoms with E-state index < -0.39 is 0 Å². The third kappa shape index (κ3) is 2.56. The minimum Gasteiger partial charge on any atom is -0.0322 e. The summed E-state index contributed by atoms with van der Waals surface area (Å²) in [5, 5.41) is 0. The predicted molar refractivity (Wildman–Crippen MR) is 34.2 cm³/mol. The Hall–Kier alpha value is 0.564. The van der Waals surface area contributed by atoms with E-state index in [4.69, 9.17) is 0 Å². The normalized spacial score (nSPS) is 10.0. The van der Waals surface area contributed by atoms with Gasteiger partial charge in [-0.25, -0.2) is 0 Å². The maximum atomic E-state index is 2.28. The van der Waals surface area contributed by atoms with Crippen molar-refractivity contribution < 1.29 is 0 Å². The molecule has 0 nitrogen and oxygen atoms in total. The van der Waals surface area contributed by atoms with Crippen LogP contribution in [0.5, 0.6) is 0 Å². The van der Waals surface area contributed by atoms with Crippen LogP contribution in [-0.2, 0) is 0 Å². The van der Waals surface area contributed by atoms with Crippen molar-refractivity contribution in [1.82, 2.24) is 0 Å². The molecule has 0 fully saturated rings. The summed E-state index contributed by atoms with van der Waals surface area (Å²) in [6, 6.07) is 0. The van der Waals surface area contributed by atoms with E-state index in [0.717, 1.165) is 0 Å². The average molecular weight is 85.9 g/mol. The van der Waals surface area contributed by atoms with Crippen LogP contribution >= 0.6 is 0 Å². The second-order valence-electron chi connectivity index (χ2n) is 1.000. The first-order valence-electron chi connectivity index (χ1n) is 1.91. The fraction of sp³-hybridized carbons (Fsp3) is 0. The highest BCUT2D eigenvalue weighted by Crippen LogP contribution is 1.24. The largest absolute Gasteiger partial charge is 0.0686 e. The molecule has 4 heavy (non-hydrogen) atoms. The van der Waals surface area contributed by atoms with Gasteiger partial charge in [0, 0.05) is 0 Å². The molecule has 22 valence electrons. The molecule has 0 unspecified atom stereocenters. The van der Waals surface area contributed by atoms with Gasteiger partial charge >= 0.3 is 0 Å². The lowest BCUT2D eigenvalue weighted by atomic mass is 9.78. The van der Waals surface area contributed by atoms with Crippen LogP contribution in [0, 0.1) is 0 Å². The molecule has 0 rings (SSSR count). The fourth-order valence-corrected chi connectivity index (χ4v) is 0. The zero-order chi connectivity index (χ0) is 3.41. The van der Waals surface area contributed by atoms with E-state index in [9.17, 15) is 0 Å². The van der Waals surface area contributed by atoms with Gasteiger partial charge in [0.2, 0.25) is 0 Å². The van der Waals surface area contributed by atoms with E-state index in [-0.39, 0.29) is 0 Å². The summed E-state index contributed by atoms with van der Waals surface area (Å²) in [4.78, 5) is 0. The Bertz CT molecular complexity index is 6.00. The van der Waals surface area contributed by atoms with Crippen molar-refractivity contribution in [2.75, 3.05) is 0 Å². The minimum absolute atomic E-state index is 0.563. The van der Waals surface area contributed by atoms with E-state index >= 15 is 0 Å². The molecule has 0 radical (unpaired) electrons. The Morgan fingerprint density at radius 1 is 2.00 bits per heavy atom. The lowest BCUT2D eigenvalue weighted by Crippen LogP contribution is -2.00. The Labute approximate surface area is 34.0 Å². The monoisotopic (exact) mass is 86.0 g/mol. The van der Waals surface area contributed by atoms with Gasteiger partial charge in [0.25, 0.3) is 0 Å². The highest BCUT2D eigenvalue weighted by atomic mass is 29.1. The predicted octanol–water partition coefficient (Wildman–Crippen LogP) is -3.66. The molecule has 0 aliphatic carbocycles. The van der Waals surface area contributed by atoms with Gasteiger partial charge in [0.15, 0.2) is 0 Å². The van der Waals surface area contributed by atoms with E-state index in [1.807, 2.05) is 0 Å². The highest BCUT2D eigenvalue weighted by molar-refractivity contribution is 7.37. The molecule has 0 saturated heterocycles. The van der Waals surface area contributed by atoms with Gasteiger partial charge < -0.3 is 0 Å². The highest BCUT2D eigenvalue weighted by Gasteiger charge is 1.64. The van der Waals surface area contributed by atoms with Crippen LogP contribution < -0.4 is 0 Å². The third-order valence-electron chi connectivity index (χ3n) is 0.500. The Morgan fingerprint density at radius 3 is 2.25 bits per heavy atom. The van der Waals surface area contributed by atoms with E-state index in [1.54, 1.807) is 0 Å². The summed E-state index contributed by atoms with van der Waals surface area (Å²) in [5.41, 5.74) is 0. The molecule has 0 heterocycles. The fourth-order valence-electron chi connectivity index (χ4n) is 0. The van der Waals surface area contributed by atoms with Crippen molar-refractivity contribution >= 4 is 33.2 Å². The molecule has 0 aliphatic heterocycles. The molecule has 0 aromatic rings. The summed E-state index contributed by atoms with van der Waals surface area (Å²) < 4.78 is 0. The van der Waals surface area contributed by atoms with Crippen molar-refractivity contribution in [1.29, 1.82) is 0 Å². The molecule has 4 heteroatoms. The molecule has 0 aromatic carbocycles. The van der Waals surface area contributed by atoms with Crippen LogP contribution in [0.4, 0.5) is 0 Å². The smallest absolute Gasteiger partial charge is 0.0322 e. The van der Waals surface area contributed by atoms with Gasteiger partial charge in [0.1, 0.15) is 0 Å². The number of hydrogen-bond acceptors (Lipinski definition) is 0. The van der Waals surface area contributed by atoms with Crippen LogP contribution in [0.25, 0.3) is 0 Å². The zero-order valence-corrected chi connectivity index (χ0v) is 6.83. The van der Waals surface area contributed by atoms with Crippen molar-refractivity contribution in [2.24, 2.45) is 0 Å². The van der Waals surface area contributed by atoms with Gasteiger partial charge in [0.05, 0.1) is 14.5 Å². The van der Waals surface area contributed by atoms with Crippen LogP contribution in [0.2, 0.25) is 0 Å². The Morgan fingerprint density at radius 2 is 2.25 bits per heavy atom. The molecule has 0 aromatic heterocycles. The third-order valence-corrected chi connectivity index (χ3v) is 4.50. The average Bonchev–Trinajstić information content (AvgIpc) is 1.37. The van der Waals surface area contributed by atoms with E-state index in [1.165, 1.54) is 16.5 Å². The first kappa shape index (κ1) is 4.56. The summed E-state index contributed by atoms with van der Waals surface area (Å²) in [6.07, 6.45) is 0.